The van der Waals surface area contributed by atoms with Gasteiger partial charge in [-0.1, -0.05) is 0 Å². The number of aryl methyl sites for hydroxylation is 1. The number of anilines is 1. The average molecular weight is 493 g/mol. The molecule has 1 saturated heterocycles. The Labute approximate surface area is 201 Å². The zero-order chi connectivity index (χ0) is 25.4. The van der Waals surface area contributed by atoms with Crippen LogP contribution in [0.25, 0.3) is 0 Å². The van der Waals surface area contributed by atoms with E-state index in [-0.39, 0.29) is 25.0 Å². The Hall–Kier alpha value is -3.31. The lowest BCUT2D eigenvalue weighted by Gasteiger charge is -2.42. The molecule has 3 aliphatic rings. The summed E-state index contributed by atoms with van der Waals surface area (Å²) in [5, 5.41) is 9.32. The van der Waals surface area contributed by atoms with Crippen molar-refractivity contribution in [2.75, 3.05) is 25.0 Å². The van der Waals surface area contributed by atoms with Crippen molar-refractivity contribution in [2.45, 2.75) is 63.5 Å². The number of halogens is 2. The summed E-state index contributed by atoms with van der Waals surface area (Å²) >= 11 is 0. The molecule has 2 fully saturated rings. The summed E-state index contributed by atoms with van der Waals surface area (Å²) in [7, 11) is 1.40. The number of pyridine rings is 1. The molecule has 1 aromatic heterocycles. The Morgan fingerprint density at radius 2 is 1.97 bits per heavy atom. The summed E-state index contributed by atoms with van der Waals surface area (Å²) < 4.78 is 32.3. The van der Waals surface area contributed by atoms with Crippen molar-refractivity contribution < 1.29 is 27.9 Å². The second-order valence-corrected chi connectivity index (χ2v) is 9.66. The van der Waals surface area contributed by atoms with E-state index in [1.54, 1.807) is 12.3 Å². The van der Waals surface area contributed by atoms with Crippen LogP contribution in [-0.4, -0.2) is 66.3 Å². The summed E-state index contributed by atoms with van der Waals surface area (Å²) in [6.45, 7) is 3.00. The number of hydrazone groups is 1. The normalized spacial score (nSPS) is 26.1. The fraction of sp³-hybridized carbons (Fsp3) is 0.609. The van der Waals surface area contributed by atoms with Gasteiger partial charge in [-0.15, -0.1) is 0 Å². The van der Waals surface area contributed by atoms with Crippen molar-refractivity contribution >= 4 is 29.4 Å². The Balaban J connectivity index is 1.44. The number of aromatic nitrogens is 1. The monoisotopic (exact) mass is 492 g/mol. The van der Waals surface area contributed by atoms with Crippen molar-refractivity contribution in [1.29, 1.82) is 0 Å². The molecule has 2 aliphatic heterocycles. The van der Waals surface area contributed by atoms with Gasteiger partial charge in [-0.25, -0.2) is 24.0 Å². The molecule has 1 spiro atoms. The minimum absolute atomic E-state index is 0.185. The number of hydrogen-bond acceptors (Lipinski definition) is 7. The first-order valence-electron chi connectivity index (χ1n) is 11.7. The highest BCUT2D eigenvalue weighted by Gasteiger charge is 2.48. The fourth-order valence-electron chi connectivity index (χ4n) is 5.07. The fourth-order valence-corrected chi connectivity index (χ4v) is 5.07. The highest BCUT2D eigenvalue weighted by atomic mass is 19.3. The number of likely N-dealkylation sites (N-methyl/N-ethyl adjacent to an activating group) is 1. The molecule has 4 rings (SSSR count). The SMILES string of the molecule is CNC(=O)C(=O)N[C@@H](C)CC1CCC2(CC1)OC(=O)NN=C2c1cnc(N2CC(F)(F)C2)cc1C. The van der Waals surface area contributed by atoms with Gasteiger partial charge in [0.2, 0.25) is 0 Å². The van der Waals surface area contributed by atoms with E-state index in [0.29, 0.717) is 36.4 Å². The summed E-state index contributed by atoms with van der Waals surface area (Å²) in [4.78, 5) is 41.2. The number of rotatable bonds is 5. The zero-order valence-electron chi connectivity index (χ0n) is 20.0. The number of hydrogen-bond donors (Lipinski definition) is 3. The lowest BCUT2D eigenvalue weighted by atomic mass is 9.72. The molecule has 0 bridgehead atoms. The molecule has 3 amide bonds. The Morgan fingerprint density at radius 3 is 2.57 bits per heavy atom. The van der Waals surface area contributed by atoms with Crippen molar-refractivity contribution in [1.82, 2.24) is 21.0 Å². The Kier molecular flexibility index (Phi) is 6.65. The van der Waals surface area contributed by atoms with Crippen molar-refractivity contribution in [3.05, 3.63) is 23.4 Å². The summed E-state index contributed by atoms with van der Waals surface area (Å²) in [6.07, 6.45) is 4.22. The molecule has 10 nitrogen and oxygen atoms in total. The lowest BCUT2D eigenvalue weighted by Crippen LogP contribution is -2.56. The molecular weight excluding hydrogens is 462 g/mol. The highest BCUT2D eigenvalue weighted by Crippen LogP contribution is 2.41. The first-order chi connectivity index (χ1) is 16.5. The van der Waals surface area contributed by atoms with Gasteiger partial charge in [0, 0.05) is 24.8 Å². The first-order valence-corrected chi connectivity index (χ1v) is 11.7. The van der Waals surface area contributed by atoms with E-state index in [9.17, 15) is 23.2 Å². The quantitative estimate of drug-likeness (QED) is 0.539. The smallest absolute Gasteiger partial charge is 0.428 e. The summed E-state index contributed by atoms with van der Waals surface area (Å²) in [6, 6.07) is 1.56. The standard InChI is InChI=1S/C23H30F2N6O4/c1-13-8-17(31-11-23(24,25)12-31)27-10-16(13)18-22(35-21(34)30-29-18)6-4-15(5-7-22)9-14(2)28-20(33)19(32)26-3/h8,10,14-15H,4-7,9,11-12H2,1-3H3,(H,26,32)(H,28,33)(H,30,34)/t14-,15?,22?/m0/s1. The van der Waals surface area contributed by atoms with E-state index in [4.69, 9.17) is 4.74 Å². The van der Waals surface area contributed by atoms with Crippen LogP contribution >= 0.6 is 0 Å². The molecule has 1 atom stereocenters. The van der Waals surface area contributed by atoms with Crippen LogP contribution in [0.1, 0.15) is 50.2 Å². The molecule has 35 heavy (non-hydrogen) atoms. The predicted octanol–water partition coefficient (Wildman–Crippen LogP) is 1.86. The lowest BCUT2D eigenvalue weighted by molar-refractivity contribution is -0.139. The summed E-state index contributed by atoms with van der Waals surface area (Å²) in [5.74, 6) is -3.29. The van der Waals surface area contributed by atoms with Crippen LogP contribution in [0, 0.1) is 12.8 Å². The van der Waals surface area contributed by atoms with Crippen molar-refractivity contribution in [3.63, 3.8) is 0 Å². The minimum Gasteiger partial charge on any atom is -0.435 e. The van der Waals surface area contributed by atoms with Crippen molar-refractivity contribution in [2.24, 2.45) is 11.0 Å². The van der Waals surface area contributed by atoms with E-state index in [2.05, 4.69) is 26.1 Å². The van der Waals surface area contributed by atoms with Gasteiger partial charge >= 0.3 is 17.9 Å². The molecule has 0 unspecified atom stereocenters. The zero-order valence-corrected chi connectivity index (χ0v) is 20.0. The molecule has 12 heteroatoms. The second-order valence-electron chi connectivity index (χ2n) is 9.66. The number of carbonyl (C=O) groups is 3. The molecule has 1 saturated carbocycles. The van der Waals surface area contributed by atoms with E-state index < -0.39 is 29.4 Å². The topological polar surface area (TPSA) is 125 Å². The molecule has 0 radical (unpaired) electrons. The van der Waals surface area contributed by atoms with Gasteiger partial charge in [0.1, 0.15) is 11.5 Å². The Morgan fingerprint density at radius 1 is 1.29 bits per heavy atom. The molecule has 3 heterocycles. The third-order valence-electron chi connectivity index (χ3n) is 6.91. The molecule has 0 aromatic carbocycles. The number of nitrogens with one attached hydrogen (secondary N) is 3. The minimum atomic E-state index is -2.69. The van der Waals surface area contributed by atoms with Crippen LogP contribution in [0.5, 0.6) is 0 Å². The highest BCUT2D eigenvalue weighted by molar-refractivity contribution is 6.35. The number of carbonyl (C=O) groups excluding carboxylic acids is 3. The van der Waals surface area contributed by atoms with Gasteiger partial charge in [0.25, 0.3) is 5.92 Å². The molecule has 1 aromatic rings. The van der Waals surface area contributed by atoms with Gasteiger partial charge in [0.05, 0.1) is 13.1 Å². The molecule has 3 N–H and O–H groups in total. The average Bonchev–Trinajstić information content (AvgIpc) is 2.79. The molecule has 190 valence electrons. The third kappa shape index (κ3) is 5.20. The molecular formula is C23H30F2N6O4. The van der Waals surface area contributed by atoms with Gasteiger partial charge < -0.3 is 20.3 Å². The van der Waals surface area contributed by atoms with Gasteiger partial charge in [-0.2, -0.15) is 5.10 Å². The maximum Gasteiger partial charge on any atom is 0.428 e. The molecule has 1 aliphatic carbocycles. The largest absolute Gasteiger partial charge is 0.435 e. The van der Waals surface area contributed by atoms with Gasteiger partial charge in [0.15, 0.2) is 5.60 Å². The van der Waals surface area contributed by atoms with Crippen LogP contribution in [0.3, 0.4) is 0 Å². The van der Waals surface area contributed by atoms with Crippen molar-refractivity contribution in [3.8, 4) is 0 Å². The van der Waals surface area contributed by atoms with Crippen LogP contribution in [-0.2, 0) is 14.3 Å². The third-order valence-corrected chi connectivity index (χ3v) is 6.91. The van der Waals surface area contributed by atoms with E-state index >= 15 is 0 Å². The Bertz CT molecular complexity index is 1050. The van der Waals surface area contributed by atoms with Crippen LogP contribution in [0.4, 0.5) is 19.4 Å². The predicted molar refractivity (Wildman–Crippen MR) is 123 cm³/mol. The summed E-state index contributed by atoms with van der Waals surface area (Å²) in [5.41, 5.74) is 3.55. The number of nitrogens with zero attached hydrogens (tertiary/aromatic N) is 3. The van der Waals surface area contributed by atoms with Crippen LogP contribution < -0.4 is 21.0 Å². The van der Waals surface area contributed by atoms with Gasteiger partial charge in [-0.3, -0.25) is 9.59 Å². The second kappa shape index (κ2) is 9.38. The van der Waals surface area contributed by atoms with E-state index in [0.717, 1.165) is 18.4 Å². The number of ether oxygens (including phenoxy) is 1. The van der Waals surface area contributed by atoms with Crippen LogP contribution in [0.15, 0.2) is 17.4 Å². The van der Waals surface area contributed by atoms with E-state index in [1.807, 2.05) is 13.8 Å². The number of alkyl halides is 2. The number of amides is 3. The van der Waals surface area contributed by atoms with E-state index in [1.165, 1.54) is 11.9 Å². The maximum atomic E-state index is 13.3. The first kappa shape index (κ1) is 24.8. The van der Waals surface area contributed by atoms with Gasteiger partial charge in [-0.05, 0) is 63.5 Å². The van der Waals surface area contributed by atoms with Crippen LogP contribution in [0.2, 0.25) is 0 Å². The maximum absolute atomic E-state index is 13.3.